The molecule has 0 aromatic heterocycles. The molecular formula is C17H17N3O6. The number of imide groups is 2. The molecule has 1 aromatic rings. The second-order valence-electron chi connectivity index (χ2n) is 6.00. The number of benzene rings is 1. The van der Waals surface area contributed by atoms with Gasteiger partial charge in [-0.05, 0) is 18.1 Å². The van der Waals surface area contributed by atoms with Gasteiger partial charge in [0, 0.05) is 20.1 Å². The van der Waals surface area contributed by atoms with Crippen LogP contribution in [0.15, 0.2) is 18.2 Å². The molecule has 5 amide bonds. The fourth-order valence-electron chi connectivity index (χ4n) is 3.11. The summed E-state index contributed by atoms with van der Waals surface area (Å²) in [4.78, 5) is 61.3. The summed E-state index contributed by atoms with van der Waals surface area (Å²) in [5, 5.41) is 4.75. The van der Waals surface area contributed by atoms with Crippen LogP contribution >= 0.6 is 0 Å². The Morgan fingerprint density at radius 3 is 2.73 bits per heavy atom. The van der Waals surface area contributed by atoms with Gasteiger partial charge in [0.15, 0.2) is 0 Å². The maximum atomic E-state index is 12.8. The summed E-state index contributed by atoms with van der Waals surface area (Å²) in [6.07, 6.45) is 0.153. The Balaban J connectivity index is 1.86. The first-order valence-electron chi connectivity index (χ1n) is 8.03. The van der Waals surface area contributed by atoms with E-state index in [1.165, 1.54) is 13.2 Å². The van der Waals surface area contributed by atoms with Crippen molar-refractivity contribution in [3.05, 3.63) is 34.9 Å². The van der Waals surface area contributed by atoms with Gasteiger partial charge in [-0.3, -0.25) is 34.2 Å². The zero-order chi connectivity index (χ0) is 18.8. The molecule has 2 N–H and O–H groups in total. The molecule has 0 saturated carbocycles. The van der Waals surface area contributed by atoms with Crippen LogP contribution < -0.4 is 10.6 Å². The quantitative estimate of drug-likeness (QED) is 0.674. The number of methoxy groups -OCH3 is 1. The lowest BCUT2D eigenvalue weighted by atomic mass is 10.0. The number of hydrogen-bond donors (Lipinski definition) is 2. The van der Waals surface area contributed by atoms with Gasteiger partial charge in [-0.15, -0.1) is 0 Å². The summed E-state index contributed by atoms with van der Waals surface area (Å²) < 4.78 is 4.73. The molecule has 1 saturated heterocycles. The maximum absolute atomic E-state index is 12.8. The Labute approximate surface area is 148 Å². The first-order valence-corrected chi connectivity index (χ1v) is 8.03. The third-order valence-corrected chi connectivity index (χ3v) is 4.31. The van der Waals surface area contributed by atoms with Crippen LogP contribution in [0.3, 0.4) is 0 Å². The molecule has 26 heavy (non-hydrogen) atoms. The van der Waals surface area contributed by atoms with Crippen molar-refractivity contribution >= 4 is 29.5 Å². The summed E-state index contributed by atoms with van der Waals surface area (Å²) >= 11 is 0. The Kier molecular flexibility index (Phi) is 4.81. The summed E-state index contributed by atoms with van der Waals surface area (Å²) in [5.74, 6) is -2.63. The van der Waals surface area contributed by atoms with Crippen LogP contribution in [0, 0.1) is 0 Å². The Bertz CT molecular complexity index is 819. The minimum absolute atomic E-state index is 0.0492. The highest BCUT2D eigenvalue weighted by atomic mass is 16.5. The van der Waals surface area contributed by atoms with Crippen molar-refractivity contribution in [1.29, 1.82) is 0 Å². The minimum atomic E-state index is -1.02. The monoisotopic (exact) mass is 359 g/mol. The van der Waals surface area contributed by atoms with E-state index >= 15 is 0 Å². The molecule has 1 atom stereocenters. The van der Waals surface area contributed by atoms with Crippen molar-refractivity contribution in [3.8, 4) is 0 Å². The van der Waals surface area contributed by atoms with Crippen LogP contribution in [0.25, 0.3) is 0 Å². The number of piperidine rings is 1. The third kappa shape index (κ3) is 3.08. The zero-order valence-corrected chi connectivity index (χ0v) is 14.0. The lowest BCUT2D eigenvalue weighted by Crippen LogP contribution is -2.54. The van der Waals surface area contributed by atoms with Crippen molar-refractivity contribution in [2.24, 2.45) is 0 Å². The molecule has 3 rings (SSSR count). The molecular weight excluding hydrogens is 342 g/mol. The average Bonchev–Trinajstić information content (AvgIpc) is 2.85. The molecule has 9 heteroatoms. The molecule has 0 radical (unpaired) electrons. The highest BCUT2D eigenvalue weighted by Gasteiger charge is 2.45. The Morgan fingerprint density at radius 1 is 1.27 bits per heavy atom. The van der Waals surface area contributed by atoms with Gasteiger partial charge in [-0.2, -0.15) is 0 Å². The van der Waals surface area contributed by atoms with E-state index < -0.39 is 29.7 Å². The lowest BCUT2D eigenvalue weighted by Gasteiger charge is -2.27. The van der Waals surface area contributed by atoms with Gasteiger partial charge in [-0.25, -0.2) is 0 Å². The van der Waals surface area contributed by atoms with E-state index in [0.29, 0.717) is 5.56 Å². The van der Waals surface area contributed by atoms with Crippen LogP contribution in [0.5, 0.6) is 0 Å². The van der Waals surface area contributed by atoms with E-state index in [4.69, 9.17) is 4.74 Å². The summed E-state index contributed by atoms with van der Waals surface area (Å²) in [6.45, 7) is -0.0716. The number of carbonyl (C=O) groups is 5. The summed E-state index contributed by atoms with van der Waals surface area (Å²) in [7, 11) is 1.39. The van der Waals surface area contributed by atoms with Gasteiger partial charge in [-0.1, -0.05) is 12.1 Å². The van der Waals surface area contributed by atoms with Crippen LogP contribution in [-0.4, -0.2) is 54.2 Å². The van der Waals surface area contributed by atoms with E-state index in [9.17, 15) is 24.0 Å². The fourth-order valence-corrected chi connectivity index (χ4v) is 3.11. The van der Waals surface area contributed by atoms with Crippen molar-refractivity contribution < 1.29 is 28.7 Å². The van der Waals surface area contributed by atoms with Gasteiger partial charge in [0.05, 0.1) is 11.1 Å². The van der Waals surface area contributed by atoms with Crippen molar-refractivity contribution in [3.63, 3.8) is 0 Å². The van der Waals surface area contributed by atoms with Crippen molar-refractivity contribution in [2.75, 3.05) is 13.7 Å². The molecule has 2 aliphatic heterocycles. The van der Waals surface area contributed by atoms with Crippen LogP contribution in [0.4, 0.5) is 0 Å². The second-order valence-corrected chi connectivity index (χ2v) is 6.00. The molecule has 1 unspecified atom stereocenters. The molecule has 1 aromatic carbocycles. The molecule has 2 aliphatic rings. The smallest absolute Gasteiger partial charge is 0.262 e. The van der Waals surface area contributed by atoms with Gasteiger partial charge in [0.2, 0.25) is 17.7 Å². The van der Waals surface area contributed by atoms with E-state index in [0.717, 1.165) is 4.90 Å². The normalized spacial score (nSPS) is 19.4. The first kappa shape index (κ1) is 17.7. The third-order valence-electron chi connectivity index (χ3n) is 4.31. The van der Waals surface area contributed by atoms with E-state index in [-0.39, 0.29) is 43.0 Å². The molecule has 0 spiro atoms. The van der Waals surface area contributed by atoms with E-state index in [1.807, 2.05) is 0 Å². The summed E-state index contributed by atoms with van der Waals surface area (Å²) in [5.41, 5.74) is 0.818. The first-order chi connectivity index (χ1) is 12.4. The maximum Gasteiger partial charge on any atom is 0.262 e. The number of fused-ring (bicyclic) bond motifs is 1. The Morgan fingerprint density at radius 2 is 2.04 bits per heavy atom. The number of ether oxygens (including phenoxy) is 1. The number of rotatable bonds is 5. The van der Waals surface area contributed by atoms with E-state index in [1.54, 1.807) is 12.1 Å². The minimum Gasteiger partial charge on any atom is -0.375 e. The molecule has 9 nitrogen and oxygen atoms in total. The predicted octanol–water partition coefficient (Wildman–Crippen LogP) is -0.650. The van der Waals surface area contributed by atoms with Crippen LogP contribution in [-0.2, 0) is 25.7 Å². The lowest BCUT2D eigenvalue weighted by molar-refractivity contribution is -0.136. The topological polar surface area (TPSA) is 122 Å². The average molecular weight is 359 g/mol. The number of carbonyl (C=O) groups excluding carboxylic acids is 5. The van der Waals surface area contributed by atoms with Gasteiger partial charge in [0.1, 0.15) is 12.6 Å². The SMILES string of the molecule is COCC(=O)NCc1cccc2c1C(=O)N(C1CCC(=O)NC1=O)C2=O. The van der Waals surface area contributed by atoms with Crippen molar-refractivity contribution in [1.82, 2.24) is 15.5 Å². The highest BCUT2D eigenvalue weighted by Crippen LogP contribution is 2.29. The second kappa shape index (κ2) is 7.04. The number of amides is 5. The van der Waals surface area contributed by atoms with Gasteiger partial charge in [0.25, 0.3) is 11.8 Å². The van der Waals surface area contributed by atoms with Gasteiger partial charge < -0.3 is 10.1 Å². The summed E-state index contributed by atoms with van der Waals surface area (Å²) in [6, 6.07) is 3.72. The largest absolute Gasteiger partial charge is 0.375 e. The van der Waals surface area contributed by atoms with Crippen LogP contribution in [0.1, 0.15) is 39.1 Å². The van der Waals surface area contributed by atoms with Crippen LogP contribution in [0.2, 0.25) is 0 Å². The molecule has 2 heterocycles. The number of nitrogens with one attached hydrogen (secondary N) is 2. The molecule has 0 aliphatic carbocycles. The van der Waals surface area contributed by atoms with Gasteiger partial charge >= 0.3 is 0 Å². The highest BCUT2D eigenvalue weighted by molar-refractivity contribution is 6.24. The number of nitrogens with zero attached hydrogens (tertiary/aromatic N) is 1. The predicted molar refractivity (Wildman–Crippen MR) is 86.8 cm³/mol. The Hall–Kier alpha value is -3.07. The zero-order valence-electron chi connectivity index (χ0n) is 14.0. The fraction of sp³-hybridized carbons (Fsp3) is 0.353. The standard InChI is InChI=1S/C17H17N3O6/c1-26-8-13(22)18-7-9-3-2-4-10-14(9)17(25)20(16(10)24)11-5-6-12(21)19-15(11)23/h2-4,11H,5-8H2,1H3,(H,18,22)(H,19,21,23). The van der Waals surface area contributed by atoms with Crippen molar-refractivity contribution in [2.45, 2.75) is 25.4 Å². The number of hydrogen-bond acceptors (Lipinski definition) is 6. The molecule has 136 valence electrons. The molecule has 1 fully saturated rings. The molecule has 0 bridgehead atoms. The van der Waals surface area contributed by atoms with E-state index in [2.05, 4.69) is 10.6 Å².